The van der Waals surface area contributed by atoms with Gasteiger partial charge in [-0.15, -0.1) is 0 Å². The standard InChI is InChI=1S/C23H20O5/c1-2-16-26-19-10-8-18(9-11-19)23(25)28-21-14-12-20(13-15-21)27-22(24)17-6-4-3-5-7-17/h3-15H,2,16H2,1H3. The van der Waals surface area contributed by atoms with Gasteiger partial charge in [-0.2, -0.15) is 0 Å². The molecule has 5 nitrogen and oxygen atoms in total. The Labute approximate surface area is 163 Å². The second-order valence-corrected chi connectivity index (χ2v) is 5.99. The monoisotopic (exact) mass is 376 g/mol. The van der Waals surface area contributed by atoms with Crippen LogP contribution < -0.4 is 14.2 Å². The van der Waals surface area contributed by atoms with Gasteiger partial charge in [0.1, 0.15) is 17.2 Å². The average molecular weight is 376 g/mol. The van der Waals surface area contributed by atoms with Crippen LogP contribution in [0, 0.1) is 0 Å². The zero-order valence-corrected chi connectivity index (χ0v) is 15.5. The van der Waals surface area contributed by atoms with Gasteiger partial charge in [0.2, 0.25) is 0 Å². The van der Waals surface area contributed by atoms with Crippen LogP contribution >= 0.6 is 0 Å². The van der Waals surface area contributed by atoms with Crippen molar-refractivity contribution >= 4 is 11.9 Å². The Morgan fingerprint density at radius 1 is 0.643 bits per heavy atom. The molecule has 0 saturated heterocycles. The van der Waals surface area contributed by atoms with E-state index in [9.17, 15) is 9.59 Å². The molecule has 0 amide bonds. The Kier molecular flexibility index (Phi) is 6.41. The summed E-state index contributed by atoms with van der Waals surface area (Å²) in [6.07, 6.45) is 0.917. The third kappa shape index (κ3) is 5.20. The fourth-order valence-electron chi connectivity index (χ4n) is 2.39. The summed E-state index contributed by atoms with van der Waals surface area (Å²) < 4.78 is 16.1. The lowest BCUT2D eigenvalue weighted by atomic mass is 10.2. The molecule has 0 aliphatic carbocycles. The number of rotatable bonds is 7. The molecule has 0 spiro atoms. The van der Waals surface area contributed by atoms with Crippen molar-refractivity contribution in [2.45, 2.75) is 13.3 Å². The second kappa shape index (κ2) is 9.37. The van der Waals surface area contributed by atoms with Gasteiger partial charge in [0, 0.05) is 0 Å². The molecule has 3 rings (SSSR count). The van der Waals surface area contributed by atoms with Crippen molar-refractivity contribution < 1.29 is 23.8 Å². The first-order valence-corrected chi connectivity index (χ1v) is 8.98. The number of hydrogen-bond donors (Lipinski definition) is 0. The molecule has 0 aliphatic rings. The van der Waals surface area contributed by atoms with Gasteiger partial charge in [-0.1, -0.05) is 25.1 Å². The van der Waals surface area contributed by atoms with Crippen LogP contribution in [0.2, 0.25) is 0 Å². The van der Waals surface area contributed by atoms with Crippen LogP contribution in [0.4, 0.5) is 0 Å². The van der Waals surface area contributed by atoms with Crippen molar-refractivity contribution in [3.63, 3.8) is 0 Å². The largest absolute Gasteiger partial charge is 0.494 e. The molecular formula is C23H20O5. The van der Waals surface area contributed by atoms with Gasteiger partial charge in [-0.25, -0.2) is 9.59 Å². The van der Waals surface area contributed by atoms with Gasteiger partial charge in [-0.3, -0.25) is 0 Å². The third-order valence-electron chi connectivity index (χ3n) is 3.82. The highest BCUT2D eigenvalue weighted by Crippen LogP contribution is 2.20. The van der Waals surface area contributed by atoms with Crippen LogP contribution in [0.1, 0.15) is 34.1 Å². The number of ether oxygens (including phenoxy) is 3. The predicted molar refractivity (Wildman–Crippen MR) is 105 cm³/mol. The summed E-state index contributed by atoms with van der Waals surface area (Å²) in [5, 5.41) is 0. The Balaban J connectivity index is 1.57. The summed E-state index contributed by atoms with van der Waals surface area (Å²) in [5.74, 6) is 0.511. The lowest BCUT2D eigenvalue weighted by Crippen LogP contribution is -2.09. The first kappa shape index (κ1) is 19.2. The van der Waals surface area contributed by atoms with Crippen LogP contribution in [0.25, 0.3) is 0 Å². The molecule has 0 aromatic heterocycles. The minimum absolute atomic E-state index is 0.357. The van der Waals surface area contributed by atoms with Crippen molar-refractivity contribution in [3.05, 3.63) is 90.0 Å². The van der Waals surface area contributed by atoms with Gasteiger partial charge in [0.25, 0.3) is 0 Å². The lowest BCUT2D eigenvalue weighted by molar-refractivity contribution is 0.0719. The number of esters is 2. The summed E-state index contributed by atoms with van der Waals surface area (Å²) in [6, 6.07) is 21.8. The molecule has 0 unspecified atom stereocenters. The molecule has 0 radical (unpaired) electrons. The Morgan fingerprint density at radius 3 is 1.61 bits per heavy atom. The SMILES string of the molecule is CCCOc1ccc(C(=O)Oc2ccc(OC(=O)c3ccccc3)cc2)cc1. The Morgan fingerprint density at radius 2 is 1.11 bits per heavy atom. The second-order valence-electron chi connectivity index (χ2n) is 5.99. The molecule has 0 aliphatic heterocycles. The summed E-state index contributed by atoms with van der Waals surface area (Å²) in [4.78, 5) is 24.3. The molecule has 3 aromatic carbocycles. The smallest absolute Gasteiger partial charge is 0.343 e. The highest BCUT2D eigenvalue weighted by molar-refractivity contribution is 5.91. The minimum Gasteiger partial charge on any atom is -0.494 e. The highest BCUT2D eigenvalue weighted by atomic mass is 16.5. The number of carbonyl (C=O) groups excluding carboxylic acids is 2. The summed E-state index contributed by atoms with van der Waals surface area (Å²) in [6.45, 7) is 2.66. The molecule has 0 fully saturated rings. The predicted octanol–water partition coefficient (Wildman–Crippen LogP) is 4.91. The molecule has 5 heteroatoms. The van der Waals surface area contributed by atoms with E-state index in [-0.39, 0.29) is 0 Å². The van der Waals surface area contributed by atoms with E-state index in [1.807, 2.05) is 13.0 Å². The number of hydrogen-bond acceptors (Lipinski definition) is 5. The van der Waals surface area contributed by atoms with Crippen molar-refractivity contribution in [2.24, 2.45) is 0 Å². The fraction of sp³-hybridized carbons (Fsp3) is 0.130. The maximum absolute atomic E-state index is 12.2. The molecular weight excluding hydrogens is 356 g/mol. The van der Waals surface area contributed by atoms with Gasteiger partial charge in [0.05, 0.1) is 17.7 Å². The molecule has 0 N–H and O–H groups in total. The Bertz CT molecular complexity index is 915. The molecule has 142 valence electrons. The van der Waals surface area contributed by atoms with E-state index in [4.69, 9.17) is 14.2 Å². The number of carbonyl (C=O) groups is 2. The lowest BCUT2D eigenvalue weighted by Gasteiger charge is -2.08. The molecule has 0 saturated carbocycles. The Hall–Kier alpha value is -3.60. The summed E-state index contributed by atoms with van der Waals surface area (Å²) in [5.41, 5.74) is 0.882. The van der Waals surface area contributed by atoms with E-state index >= 15 is 0 Å². The van der Waals surface area contributed by atoms with E-state index < -0.39 is 11.9 Å². The van der Waals surface area contributed by atoms with Crippen LogP contribution in [0.15, 0.2) is 78.9 Å². The zero-order chi connectivity index (χ0) is 19.8. The zero-order valence-electron chi connectivity index (χ0n) is 15.5. The average Bonchev–Trinajstić information content (AvgIpc) is 2.74. The van der Waals surface area contributed by atoms with Crippen LogP contribution in [0.5, 0.6) is 17.2 Å². The van der Waals surface area contributed by atoms with E-state index in [0.29, 0.717) is 35.0 Å². The van der Waals surface area contributed by atoms with Crippen molar-refractivity contribution in [1.82, 2.24) is 0 Å². The molecule has 28 heavy (non-hydrogen) atoms. The molecule has 0 bridgehead atoms. The molecule has 0 atom stereocenters. The van der Waals surface area contributed by atoms with Crippen LogP contribution in [-0.4, -0.2) is 18.5 Å². The maximum Gasteiger partial charge on any atom is 0.343 e. The quantitative estimate of drug-likeness (QED) is 0.433. The van der Waals surface area contributed by atoms with E-state index in [0.717, 1.165) is 6.42 Å². The number of benzene rings is 3. The van der Waals surface area contributed by atoms with Gasteiger partial charge in [-0.05, 0) is 67.1 Å². The van der Waals surface area contributed by atoms with Crippen molar-refractivity contribution in [1.29, 1.82) is 0 Å². The van der Waals surface area contributed by atoms with Crippen LogP contribution in [0.3, 0.4) is 0 Å². The molecule has 3 aromatic rings. The molecule has 0 heterocycles. The van der Waals surface area contributed by atoms with Gasteiger partial charge < -0.3 is 14.2 Å². The van der Waals surface area contributed by atoms with Gasteiger partial charge >= 0.3 is 11.9 Å². The van der Waals surface area contributed by atoms with Crippen LogP contribution in [-0.2, 0) is 0 Å². The summed E-state index contributed by atoms with van der Waals surface area (Å²) in [7, 11) is 0. The van der Waals surface area contributed by atoms with E-state index in [2.05, 4.69) is 0 Å². The topological polar surface area (TPSA) is 61.8 Å². The fourth-order valence-corrected chi connectivity index (χ4v) is 2.39. The third-order valence-corrected chi connectivity index (χ3v) is 3.82. The highest BCUT2D eigenvalue weighted by Gasteiger charge is 2.11. The van der Waals surface area contributed by atoms with E-state index in [1.165, 1.54) is 0 Å². The maximum atomic E-state index is 12.2. The summed E-state index contributed by atoms with van der Waals surface area (Å²) >= 11 is 0. The first-order chi connectivity index (χ1) is 13.7. The van der Waals surface area contributed by atoms with Crippen molar-refractivity contribution in [2.75, 3.05) is 6.61 Å². The minimum atomic E-state index is -0.476. The first-order valence-electron chi connectivity index (χ1n) is 8.98. The van der Waals surface area contributed by atoms with Crippen molar-refractivity contribution in [3.8, 4) is 17.2 Å². The normalized spacial score (nSPS) is 10.2. The van der Waals surface area contributed by atoms with Gasteiger partial charge in [0.15, 0.2) is 0 Å². The van der Waals surface area contributed by atoms with E-state index in [1.54, 1.807) is 72.8 Å².